The number of hydrogen-bond acceptors (Lipinski definition) is 3. The van der Waals surface area contributed by atoms with E-state index in [0.717, 1.165) is 24.9 Å². The van der Waals surface area contributed by atoms with Crippen molar-refractivity contribution in [3.8, 4) is 0 Å². The lowest BCUT2D eigenvalue weighted by Crippen LogP contribution is -2.49. The zero-order valence-electron chi connectivity index (χ0n) is 13.4. The molecule has 22 heavy (non-hydrogen) atoms. The van der Waals surface area contributed by atoms with Gasteiger partial charge in [0.05, 0.1) is 0 Å². The second-order valence-electron chi connectivity index (χ2n) is 5.95. The predicted molar refractivity (Wildman–Crippen MR) is 95.9 cm³/mol. The van der Waals surface area contributed by atoms with Crippen molar-refractivity contribution in [1.29, 1.82) is 0 Å². The number of piperidine rings is 1. The summed E-state index contributed by atoms with van der Waals surface area (Å²) in [5.74, 6) is -0.0735. The van der Waals surface area contributed by atoms with Crippen molar-refractivity contribution in [2.45, 2.75) is 44.8 Å². The number of carbonyl (C=O) groups excluding carboxylic acids is 1. The van der Waals surface area contributed by atoms with Crippen LogP contribution in [-0.2, 0) is 4.79 Å². The first-order valence-corrected chi connectivity index (χ1v) is 7.30. The molecule has 126 valence electrons. The van der Waals surface area contributed by atoms with Crippen molar-refractivity contribution in [2.24, 2.45) is 5.73 Å². The molecule has 3 atom stereocenters. The van der Waals surface area contributed by atoms with Gasteiger partial charge in [0.25, 0.3) is 0 Å². The van der Waals surface area contributed by atoms with Crippen LogP contribution in [0.25, 0.3) is 0 Å². The number of benzene rings is 1. The molecule has 1 heterocycles. The van der Waals surface area contributed by atoms with Crippen molar-refractivity contribution in [2.75, 3.05) is 13.6 Å². The third kappa shape index (κ3) is 5.43. The molecule has 0 aliphatic carbocycles. The maximum atomic E-state index is 12.2. The summed E-state index contributed by atoms with van der Waals surface area (Å²) in [6.45, 7) is 5.24. The number of hydrogen-bond donors (Lipinski definition) is 2. The molecule has 0 bridgehead atoms. The van der Waals surface area contributed by atoms with E-state index in [0.29, 0.717) is 6.04 Å². The topological polar surface area (TPSA) is 58.4 Å². The average molecular weight is 348 g/mol. The van der Waals surface area contributed by atoms with E-state index in [1.165, 1.54) is 5.56 Å². The van der Waals surface area contributed by atoms with Gasteiger partial charge in [-0.2, -0.15) is 0 Å². The van der Waals surface area contributed by atoms with Crippen LogP contribution in [0.4, 0.5) is 0 Å². The molecule has 0 radical (unpaired) electrons. The summed E-state index contributed by atoms with van der Waals surface area (Å²) in [5.41, 5.74) is 8.09. The molecule has 3 N–H and O–H groups in total. The zero-order valence-corrected chi connectivity index (χ0v) is 15.0. The smallest absolute Gasteiger partial charge is 0.241 e. The zero-order chi connectivity index (χ0) is 14.7. The number of aryl methyl sites for hydroxylation is 1. The maximum Gasteiger partial charge on any atom is 0.241 e. The Kier molecular flexibility index (Phi) is 9.01. The summed E-state index contributed by atoms with van der Waals surface area (Å²) in [6, 6.07) is 7.99. The predicted octanol–water partition coefficient (Wildman–Crippen LogP) is 2.44. The van der Waals surface area contributed by atoms with E-state index < -0.39 is 6.04 Å². The summed E-state index contributed by atoms with van der Waals surface area (Å²) in [5, 5.41) is 3.09. The molecular weight excluding hydrogens is 321 g/mol. The first-order valence-electron chi connectivity index (χ1n) is 7.30. The van der Waals surface area contributed by atoms with Crippen LogP contribution in [-0.4, -0.2) is 36.5 Å². The van der Waals surface area contributed by atoms with Gasteiger partial charge in [-0.05, 0) is 39.3 Å². The number of carbonyl (C=O) groups is 1. The minimum Gasteiger partial charge on any atom is -0.352 e. The highest BCUT2D eigenvalue weighted by Gasteiger charge is 2.26. The minimum absolute atomic E-state index is 0. The summed E-state index contributed by atoms with van der Waals surface area (Å²) in [7, 11) is 2.13. The fraction of sp³-hybridized carbons (Fsp3) is 0.562. The molecule has 6 heteroatoms. The van der Waals surface area contributed by atoms with Gasteiger partial charge in [-0.3, -0.25) is 4.79 Å². The largest absolute Gasteiger partial charge is 0.352 e. The molecule has 1 fully saturated rings. The Morgan fingerprint density at radius 3 is 2.45 bits per heavy atom. The van der Waals surface area contributed by atoms with Gasteiger partial charge in [-0.15, -0.1) is 24.8 Å². The van der Waals surface area contributed by atoms with Gasteiger partial charge >= 0.3 is 0 Å². The van der Waals surface area contributed by atoms with Gasteiger partial charge in [0.15, 0.2) is 0 Å². The summed E-state index contributed by atoms with van der Waals surface area (Å²) >= 11 is 0. The number of halogens is 2. The van der Waals surface area contributed by atoms with Crippen molar-refractivity contribution in [3.63, 3.8) is 0 Å². The highest BCUT2D eigenvalue weighted by atomic mass is 35.5. The Bertz CT molecular complexity index is 467. The van der Waals surface area contributed by atoms with Gasteiger partial charge in [-0.1, -0.05) is 29.8 Å². The van der Waals surface area contributed by atoms with Crippen molar-refractivity contribution >= 4 is 30.7 Å². The SMILES string of the molecule is Cc1ccc(C(N)C(=O)NC2CCN(C)C(C)C2)cc1.Cl.Cl. The molecule has 1 aromatic rings. The third-order valence-electron chi connectivity index (χ3n) is 4.27. The molecule has 0 spiro atoms. The monoisotopic (exact) mass is 347 g/mol. The highest BCUT2D eigenvalue weighted by Crippen LogP contribution is 2.17. The standard InChI is InChI=1S/C16H25N3O.2ClH/c1-11-4-6-13(7-5-11)15(17)16(20)18-14-8-9-19(3)12(2)10-14;;/h4-7,12,14-15H,8-10,17H2,1-3H3,(H,18,20);2*1H. The van der Waals surface area contributed by atoms with Crippen LogP contribution in [0.3, 0.4) is 0 Å². The van der Waals surface area contributed by atoms with Crippen LogP contribution in [0, 0.1) is 6.92 Å². The molecule has 0 saturated carbocycles. The Morgan fingerprint density at radius 1 is 1.32 bits per heavy atom. The normalized spacial score (nSPS) is 22.9. The highest BCUT2D eigenvalue weighted by molar-refractivity contribution is 5.85. The van der Waals surface area contributed by atoms with Crippen LogP contribution >= 0.6 is 24.8 Å². The fourth-order valence-electron chi connectivity index (χ4n) is 2.64. The fourth-order valence-corrected chi connectivity index (χ4v) is 2.64. The van der Waals surface area contributed by atoms with E-state index in [4.69, 9.17) is 5.73 Å². The quantitative estimate of drug-likeness (QED) is 0.882. The van der Waals surface area contributed by atoms with Gasteiger partial charge < -0.3 is 16.0 Å². The first-order chi connectivity index (χ1) is 9.47. The lowest BCUT2D eigenvalue weighted by atomic mass is 9.98. The Morgan fingerprint density at radius 2 is 1.91 bits per heavy atom. The molecule has 4 nitrogen and oxygen atoms in total. The van der Waals surface area contributed by atoms with Gasteiger partial charge in [0, 0.05) is 18.6 Å². The number of amides is 1. The average Bonchev–Trinajstić information content (AvgIpc) is 2.43. The lowest BCUT2D eigenvalue weighted by Gasteiger charge is -2.35. The Hall–Kier alpha value is -0.810. The van der Waals surface area contributed by atoms with Crippen molar-refractivity contribution in [3.05, 3.63) is 35.4 Å². The van der Waals surface area contributed by atoms with Gasteiger partial charge in [0.1, 0.15) is 6.04 Å². The molecule has 1 aromatic carbocycles. The number of nitrogens with zero attached hydrogens (tertiary/aromatic N) is 1. The van der Waals surface area contributed by atoms with Crippen molar-refractivity contribution in [1.82, 2.24) is 10.2 Å². The van der Waals surface area contributed by atoms with Crippen LogP contribution in [0.2, 0.25) is 0 Å². The molecule has 1 saturated heterocycles. The van der Waals surface area contributed by atoms with E-state index in [9.17, 15) is 4.79 Å². The van der Waals surface area contributed by atoms with Crippen LogP contribution < -0.4 is 11.1 Å². The summed E-state index contributed by atoms with van der Waals surface area (Å²) in [4.78, 5) is 14.6. The van der Waals surface area contributed by atoms with E-state index in [1.807, 2.05) is 31.2 Å². The molecule has 3 unspecified atom stereocenters. The number of nitrogens with two attached hydrogens (primary N) is 1. The number of likely N-dealkylation sites (tertiary alicyclic amines) is 1. The van der Waals surface area contributed by atoms with Gasteiger partial charge in [0.2, 0.25) is 5.91 Å². The maximum absolute atomic E-state index is 12.2. The Balaban J connectivity index is 0.00000220. The third-order valence-corrected chi connectivity index (χ3v) is 4.27. The van der Waals surface area contributed by atoms with Crippen LogP contribution in [0.15, 0.2) is 24.3 Å². The Labute approximate surface area is 145 Å². The number of rotatable bonds is 3. The van der Waals surface area contributed by atoms with E-state index in [1.54, 1.807) is 0 Å². The number of nitrogens with one attached hydrogen (secondary N) is 1. The van der Waals surface area contributed by atoms with E-state index >= 15 is 0 Å². The second-order valence-corrected chi connectivity index (χ2v) is 5.95. The summed E-state index contributed by atoms with van der Waals surface area (Å²) < 4.78 is 0. The second kappa shape index (κ2) is 9.36. The molecule has 1 aliphatic rings. The minimum atomic E-state index is -0.578. The van der Waals surface area contributed by atoms with Gasteiger partial charge in [-0.25, -0.2) is 0 Å². The summed E-state index contributed by atoms with van der Waals surface area (Å²) in [6.07, 6.45) is 1.98. The molecule has 2 rings (SSSR count). The van der Waals surface area contributed by atoms with Crippen LogP contribution in [0.1, 0.15) is 36.9 Å². The first kappa shape index (κ1) is 21.2. The molecule has 1 aliphatic heterocycles. The molecule has 1 amide bonds. The van der Waals surface area contributed by atoms with E-state index in [2.05, 4.69) is 24.2 Å². The van der Waals surface area contributed by atoms with E-state index in [-0.39, 0.29) is 36.8 Å². The molecular formula is C16H27Cl2N3O. The molecule has 0 aromatic heterocycles. The lowest BCUT2D eigenvalue weighted by molar-refractivity contribution is -0.123. The van der Waals surface area contributed by atoms with Crippen molar-refractivity contribution < 1.29 is 4.79 Å². The van der Waals surface area contributed by atoms with Crippen LogP contribution in [0.5, 0.6) is 0 Å².